The van der Waals surface area contributed by atoms with Crippen LogP contribution in [0.2, 0.25) is 0 Å². The Kier molecular flexibility index (Phi) is 17.3. The van der Waals surface area contributed by atoms with Gasteiger partial charge in [0, 0.05) is 11.3 Å². The largest absolute Gasteiger partial charge is 1.00 e. The monoisotopic (exact) mass is 616 g/mol. The maximum Gasteiger partial charge on any atom is 0.262 e. The van der Waals surface area contributed by atoms with Gasteiger partial charge in [-0.2, -0.15) is 4.57 Å². The first-order chi connectivity index (χ1) is 18.7. The van der Waals surface area contributed by atoms with Crippen molar-refractivity contribution in [1.29, 1.82) is 0 Å². The third-order valence-electron chi connectivity index (χ3n) is 6.56. The fraction of sp³-hybridized carbons (Fsp3) is 0.500. The van der Waals surface area contributed by atoms with Crippen molar-refractivity contribution in [1.82, 2.24) is 0 Å². The number of ether oxygens (including phenoxy) is 2. The van der Waals surface area contributed by atoms with Gasteiger partial charge in [0.05, 0.1) is 12.0 Å². The summed E-state index contributed by atoms with van der Waals surface area (Å²) in [5.41, 5.74) is 3.97. The Balaban J connectivity index is 0.00000533. The Morgan fingerprint density at radius 1 is 0.821 bits per heavy atom. The number of carbonyl (C=O) groups excluding carboxylic acids is 1. The number of rotatable bonds is 20. The van der Waals surface area contributed by atoms with Crippen LogP contribution in [0.25, 0.3) is 0 Å². The number of anilines is 1. The summed E-state index contributed by atoms with van der Waals surface area (Å²) < 4.78 is 13.6. The number of nitrogens with one attached hydrogen (secondary N) is 1. The van der Waals surface area contributed by atoms with Crippen LogP contribution >= 0.6 is 11.3 Å². The molecule has 1 N–H and O–H groups in total. The highest BCUT2D eigenvalue weighted by Crippen LogP contribution is 2.19. The second kappa shape index (κ2) is 20.5. The van der Waals surface area contributed by atoms with Crippen LogP contribution in [0.15, 0.2) is 65.6 Å². The quantitative estimate of drug-likeness (QED) is 0.140. The van der Waals surface area contributed by atoms with Gasteiger partial charge in [0.15, 0.2) is 19.3 Å². The number of hydrogen-bond donors (Lipinski definition) is 1. The van der Waals surface area contributed by atoms with E-state index in [1.165, 1.54) is 70.6 Å². The van der Waals surface area contributed by atoms with E-state index in [4.69, 9.17) is 9.47 Å². The summed E-state index contributed by atoms with van der Waals surface area (Å²) in [6.45, 7) is 3.75. The molecular weight excluding hydrogens is 572 g/mol. The molecule has 0 aliphatic rings. The van der Waals surface area contributed by atoms with Gasteiger partial charge in [0.25, 0.3) is 5.91 Å². The molecule has 1 amide bonds. The van der Waals surface area contributed by atoms with Crippen molar-refractivity contribution in [3.05, 3.63) is 71.2 Å². The molecule has 0 saturated carbocycles. The lowest BCUT2D eigenvalue weighted by Crippen LogP contribution is -3.00. The number of aromatic nitrogens is 1. The van der Waals surface area contributed by atoms with Crippen LogP contribution in [-0.2, 0) is 11.3 Å². The van der Waals surface area contributed by atoms with Crippen LogP contribution < -0.4 is 36.3 Å². The number of hydrogen-bond acceptors (Lipinski definition) is 4. The molecule has 3 rings (SSSR count). The molecule has 0 atom stereocenters. The van der Waals surface area contributed by atoms with Gasteiger partial charge in [0.1, 0.15) is 11.5 Å². The molecule has 0 saturated heterocycles. The zero-order valence-corrected chi connectivity index (χ0v) is 25.8. The van der Waals surface area contributed by atoms with Crippen molar-refractivity contribution in [2.45, 2.75) is 90.5 Å². The van der Waals surface area contributed by atoms with Gasteiger partial charge < -0.3 is 31.8 Å². The summed E-state index contributed by atoms with van der Waals surface area (Å²) >= 11 is 1.66. The minimum Gasteiger partial charge on any atom is -1.00 e. The van der Waals surface area contributed by atoms with E-state index in [9.17, 15) is 4.79 Å². The molecule has 0 aliphatic heterocycles. The number of thiazole rings is 1. The standard InChI is InChI=1S/C32H44N2O3S.BrH/c1-2-3-4-5-6-7-8-9-10-11-12-13-22-36-30-17-19-31(20-18-30)37-26-32(35)33-29-16-14-15-28(24-29)25-34-21-23-38-27-34;/h14-21,23-24,27H,2-13,22,25-26H2,1H3;1H. The summed E-state index contributed by atoms with van der Waals surface area (Å²) in [5, 5.41) is 4.96. The lowest BCUT2D eigenvalue weighted by Gasteiger charge is -2.10. The molecule has 7 heteroatoms. The SMILES string of the molecule is CCCCCCCCCCCCCCOc1ccc(OCC(=O)Nc2cccc(C[n+]3ccsc3)c2)cc1.[Br-]. The van der Waals surface area contributed by atoms with Crippen LogP contribution in [-0.4, -0.2) is 19.1 Å². The summed E-state index contributed by atoms with van der Waals surface area (Å²) in [5.74, 6) is 1.31. The number of amides is 1. The molecule has 39 heavy (non-hydrogen) atoms. The van der Waals surface area contributed by atoms with Gasteiger partial charge in [-0.3, -0.25) is 4.79 Å². The van der Waals surface area contributed by atoms with Crippen molar-refractivity contribution in [2.75, 3.05) is 18.5 Å². The van der Waals surface area contributed by atoms with Gasteiger partial charge in [-0.25, -0.2) is 0 Å². The normalized spacial score (nSPS) is 10.6. The van der Waals surface area contributed by atoms with Gasteiger partial charge >= 0.3 is 0 Å². The number of halogens is 1. The highest BCUT2D eigenvalue weighted by atomic mass is 79.9. The summed E-state index contributed by atoms with van der Waals surface area (Å²) in [6.07, 6.45) is 18.1. The fourth-order valence-corrected chi connectivity index (χ4v) is 5.02. The average Bonchev–Trinajstić information content (AvgIpc) is 3.44. The van der Waals surface area contributed by atoms with Gasteiger partial charge in [-0.15, -0.1) is 0 Å². The van der Waals surface area contributed by atoms with E-state index in [0.29, 0.717) is 5.75 Å². The molecule has 1 aromatic heterocycles. The number of unbranched alkanes of at least 4 members (excludes halogenated alkanes) is 11. The molecule has 0 aliphatic carbocycles. The first-order valence-corrected chi connectivity index (χ1v) is 15.3. The lowest BCUT2D eigenvalue weighted by molar-refractivity contribution is -0.683. The Morgan fingerprint density at radius 2 is 1.44 bits per heavy atom. The van der Waals surface area contributed by atoms with Crippen molar-refractivity contribution in [2.24, 2.45) is 0 Å². The second-order valence-electron chi connectivity index (χ2n) is 9.95. The van der Waals surface area contributed by atoms with E-state index in [0.717, 1.165) is 36.6 Å². The summed E-state index contributed by atoms with van der Waals surface area (Å²) in [7, 11) is 0. The van der Waals surface area contributed by atoms with Crippen LogP contribution in [0, 0.1) is 0 Å². The van der Waals surface area contributed by atoms with Crippen LogP contribution in [0.5, 0.6) is 11.5 Å². The van der Waals surface area contributed by atoms with Crippen molar-refractivity contribution >= 4 is 22.9 Å². The number of benzene rings is 2. The Bertz CT molecular complexity index is 1030. The first-order valence-electron chi connectivity index (χ1n) is 14.4. The zero-order valence-electron chi connectivity index (χ0n) is 23.4. The average molecular weight is 618 g/mol. The molecule has 0 radical (unpaired) electrons. The van der Waals surface area contributed by atoms with Gasteiger partial charge in [-0.05, 0) is 42.8 Å². The van der Waals surface area contributed by atoms with Crippen molar-refractivity contribution < 1.29 is 35.8 Å². The Hall–Kier alpha value is -2.38. The van der Waals surface area contributed by atoms with E-state index in [1.54, 1.807) is 11.3 Å². The highest BCUT2D eigenvalue weighted by molar-refractivity contribution is 7.07. The van der Waals surface area contributed by atoms with E-state index in [1.807, 2.05) is 54.0 Å². The Morgan fingerprint density at radius 3 is 2.05 bits per heavy atom. The van der Waals surface area contributed by atoms with Gasteiger partial charge in [0.2, 0.25) is 5.51 Å². The van der Waals surface area contributed by atoms with E-state index < -0.39 is 0 Å². The smallest absolute Gasteiger partial charge is 0.262 e. The molecule has 5 nitrogen and oxygen atoms in total. The minimum atomic E-state index is -0.183. The minimum absolute atomic E-state index is 0. The van der Waals surface area contributed by atoms with Crippen LogP contribution in [0.3, 0.4) is 0 Å². The Labute approximate surface area is 249 Å². The zero-order chi connectivity index (χ0) is 26.7. The van der Waals surface area contributed by atoms with E-state index >= 15 is 0 Å². The second-order valence-corrected chi connectivity index (χ2v) is 10.7. The maximum absolute atomic E-state index is 12.4. The maximum atomic E-state index is 12.4. The highest BCUT2D eigenvalue weighted by Gasteiger charge is 2.07. The molecular formula is C32H45BrN2O3S. The van der Waals surface area contributed by atoms with Crippen LogP contribution in [0.1, 0.15) is 89.5 Å². The molecule has 2 aromatic carbocycles. The topological polar surface area (TPSA) is 51.4 Å². The van der Waals surface area contributed by atoms with Crippen molar-refractivity contribution in [3.63, 3.8) is 0 Å². The molecule has 0 unspecified atom stereocenters. The molecule has 1 heterocycles. The predicted molar refractivity (Wildman–Crippen MR) is 157 cm³/mol. The third-order valence-corrected chi connectivity index (χ3v) is 7.23. The van der Waals surface area contributed by atoms with Crippen LogP contribution in [0.4, 0.5) is 5.69 Å². The van der Waals surface area contributed by atoms with Crippen molar-refractivity contribution in [3.8, 4) is 11.5 Å². The van der Waals surface area contributed by atoms with E-state index in [-0.39, 0.29) is 29.5 Å². The molecule has 3 aromatic rings. The molecule has 0 bridgehead atoms. The molecule has 0 spiro atoms. The van der Waals surface area contributed by atoms with Gasteiger partial charge in [-0.1, -0.05) is 101 Å². The molecule has 0 fully saturated rings. The first kappa shape index (κ1) is 32.8. The summed E-state index contributed by atoms with van der Waals surface area (Å²) in [6, 6.07) is 15.4. The number of nitrogens with zero attached hydrogens (tertiary/aromatic N) is 1. The number of carbonyl (C=O) groups is 1. The third kappa shape index (κ3) is 14.5. The summed E-state index contributed by atoms with van der Waals surface area (Å²) in [4.78, 5) is 12.4. The molecule has 214 valence electrons. The van der Waals surface area contributed by atoms with E-state index in [2.05, 4.69) is 28.4 Å². The predicted octanol–water partition coefficient (Wildman–Crippen LogP) is 5.19. The fourth-order valence-electron chi connectivity index (χ4n) is 4.42. The lowest BCUT2D eigenvalue weighted by atomic mass is 10.1.